The third-order valence-corrected chi connectivity index (χ3v) is 5.82. The van der Waals surface area contributed by atoms with E-state index in [1.807, 2.05) is 12.1 Å². The molecule has 0 amide bonds. The molecule has 8 heteroatoms. The lowest BCUT2D eigenvalue weighted by Gasteiger charge is -2.34. The third kappa shape index (κ3) is 3.78. The molecule has 1 aromatic rings. The number of carboxylic acid groups (broad SMARTS) is 1. The highest BCUT2D eigenvalue weighted by Crippen LogP contribution is 2.14. The fraction of sp³-hybridized carbons (Fsp3) is 0.538. The van der Waals surface area contributed by atoms with Crippen LogP contribution in [0.15, 0.2) is 24.5 Å². The molecule has 1 N–H and O–H groups in total. The van der Waals surface area contributed by atoms with Crippen LogP contribution in [-0.4, -0.2) is 65.1 Å². The van der Waals surface area contributed by atoms with Crippen LogP contribution in [0.3, 0.4) is 0 Å². The summed E-state index contributed by atoms with van der Waals surface area (Å²) in [7, 11) is -3.76. The van der Waals surface area contributed by atoms with E-state index in [9.17, 15) is 13.2 Å². The summed E-state index contributed by atoms with van der Waals surface area (Å²) in [5, 5.41) is 7.47. The van der Waals surface area contributed by atoms with Crippen LogP contribution in [0.1, 0.15) is 12.5 Å². The molecule has 1 unspecified atom stereocenters. The van der Waals surface area contributed by atoms with Crippen LogP contribution in [0, 0.1) is 0 Å². The molecule has 2 rings (SSSR count). The molecular weight excluding hydrogens is 294 g/mol. The van der Waals surface area contributed by atoms with Crippen molar-refractivity contribution in [1.29, 1.82) is 0 Å². The second-order valence-corrected chi connectivity index (χ2v) is 7.31. The molecule has 0 saturated carbocycles. The largest absolute Gasteiger partial charge is 0.480 e. The second-order valence-electron chi connectivity index (χ2n) is 5.06. The van der Waals surface area contributed by atoms with Gasteiger partial charge in [-0.25, -0.2) is 8.42 Å². The first-order valence-corrected chi connectivity index (χ1v) is 8.24. The van der Waals surface area contributed by atoms with E-state index in [4.69, 9.17) is 5.11 Å². The summed E-state index contributed by atoms with van der Waals surface area (Å²) in [5.74, 6) is -1.31. The second kappa shape index (κ2) is 6.50. The van der Waals surface area contributed by atoms with E-state index >= 15 is 0 Å². The lowest BCUT2D eigenvalue weighted by Crippen LogP contribution is -2.51. The molecular formula is C13H19N3O4S. The van der Waals surface area contributed by atoms with E-state index in [1.165, 1.54) is 11.2 Å². The van der Waals surface area contributed by atoms with Crippen LogP contribution in [0.5, 0.6) is 0 Å². The molecule has 1 aromatic heterocycles. The van der Waals surface area contributed by atoms with Gasteiger partial charge in [0.1, 0.15) is 0 Å². The Hall–Kier alpha value is -1.51. The van der Waals surface area contributed by atoms with Crippen LogP contribution in [0.2, 0.25) is 0 Å². The van der Waals surface area contributed by atoms with Crippen LogP contribution in [0.4, 0.5) is 0 Å². The number of rotatable bonds is 5. The van der Waals surface area contributed by atoms with Crippen molar-refractivity contribution in [1.82, 2.24) is 14.2 Å². The Morgan fingerprint density at radius 3 is 2.38 bits per heavy atom. The minimum Gasteiger partial charge on any atom is -0.480 e. The molecule has 0 aromatic carbocycles. The summed E-state index contributed by atoms with van der Waals surface area (Å²) in [4.78, 5) is 17.0. The summed E-state index contributed by atoms with van der Waals surface area (Å²) in [6, 6.07) is 3.85. The van der Waals surface area contributed by atoms with Gasteiger partial charge in [0, 0.05) is 45.1 Å². The summed E-state index contributed by atoms with van der Waals surface area (Å²) >= 11 is 0. The monoisotopic (exact) mass is 313 g/mol. The number of nitrogens with zero attached hydrogens (tertiary/aromatic N) is 3. The summed E-state index contributed by atoms with van der Waals surface area (Å²) in [5.41, 5.74) is 1.13. The van der Waals surface area contributed by atoms with Crippen molar-refractivity contribution in [3.8, 4) is 0 Å². The highest BCUT2D eigenvalue weighted by molar-refractivity contribution is 7.90. The molecule has 7 nitrogen and oxygen atoms in total. The summed E-state index contributed by atoms with van der Waals surface area (Å²) in [6.45, 7) is 3.78. The van der Waals surface area contributed by atoms with Crippen LogP contribution >= 0.6 is 0 Å². The van der Waals surface area contributed by atoms with E-state index in [0.29, 0.717) is 26.2 Å². The zero-order valence-corrected chi connectivity index (χ0v) is 12.7. The molecule has 1 saturated heterocycles. The van der Waals surface area contributed by atoms with E-state index in [1.54, 1.807) is 12.4 Å². The van der Waals surface area contributed by atoms with E-state index < -0.39 is 21.2 Å². The van der Waals surface area contributed by atoms with Gasteiger partial charge >= 0.3 is 5.97 Å². The van der Waals surface area contributed by atoms with Crippen LogP contribution in [0.25, 0.3) is 0 Å². The molecule has 1 atom stereocenters. The molecule has 21 heavy (non-hydrogen) atoms. The van der Waals surface area contributed by atoms with Gasteiger partial charge in [0.15, 0.2) is 5.25 Å². The van der Waals surface area contributed by atoms with Gasteiger partial charge in [-0.15, -0.1) is 0 Å². The Morgan fingerprint density at radius 2 is 1.86 bits per heavy atom. The smallest absolute Gasteiger partial charge is 0.323 e. The van der Waals surface area contributed by atoms with Crippen LogP contribution < -0.4 is 0 Å². The third-order valence-electron chi connectivity index (χ3n) is 3.64. The summed E-state index contributed by atoms with van der Waals surface area (Å²) < 4.78 is 25.5. The number of piperazine rings is 1. The number of pyridine rings is 1. The minimum absolute atomic E-state index is 0.324. The van der Waals surface area contributed by atoms with Gasteiger partial charge in [0.05, 0.1) is 0 Å². The molecule has 0 aliphatic carbocycles. The van der Waals surface area contributed by atoms with Gasteiger partial charge in [0.2, 0.25) is 10.0 Å². The fourth-order valence-electron chi connectivity index (χ4n) is 2.24. The minimum atomic E-state index is -3.76. The van der Waals surface area contributed by atoms with E-state index in [0.717, 1.165) is 12.1 Å². The Bertz CT molecular complexity index is 583. The molecule has 2 heterocycles. The fourth-order valence-corrected chi connectivity index (χ4v) is 3.61. The zero-order valence-electron chi connectivity index (χ0n) is 11.8. The van der Waals surface area contributed by atoms with Gasteiger partial charge < -0.3 is 5.11 Å². The van der Waals surface area contributed by atoms with Gasteiger partial charge in [-0.3, -0.25) is 14.7 Å². The number of hydrogen-bond acceptors (Lipinski definition) is 5. The lowest BCUT2D eigenvalue weighted by molar-refractivity contribution is -0.136. The first-order valence-electron chi connectivity index (χ1n) is 6.74. The molecule has 1 aliphatic rings. The maximum Gasteiger partial charge on any atom is 0.323 e. The van der Waals surface area contributed by atoms with Crippen molar-refractivity contribution in [2.45, 2.75) is 18.7 Å². The number of carbonyl (C=O) groups is 1. The predicted molar refractivity (Wildman–Crippen MR) is 77.1 cm³/mol. The molecule has 0 radical (unpaired) electrons. The Balaban J connectivity index is 1.93. The van der Waals surface area contributed by atoms with Crippen molar-refractivity contribution in [3.05, 3.63) is 30.1 Å². The van der Waals surface area contributed by atoms with Gasteiger partial charge in [0.25, 0.3) is 0 Å². The highest BCUT2D eigenvalue weighted by Gasteiger charge is 2.35. The quantitative estimate of drug-likeness (QED) is 0.823. The molecule has 116 valence electrons. The Labute approximate surface area is 124 Å². The van der Waals surface area contributed by atoms with E-state index in [-0.39, 0.29) is 0 Å². The highest BCUT2D eigenvalue weighted by atomic mass is 32.2. The molecule has 0 bridgehead atoms. The van der Waals surface area contributed by atoms with Crippen molar-refractivity contribution in [3.63, 3.8) is 0 Å². The first kappa shape index (κ1) is 15.9. The Kier molecular flexibility index (Phi) is 4.92. The topological polar surface area (TPSA) is 90.8 Å². The maximum absolute atomic E-state index is 12.1. The van der Waals surface area contributed by atoms with Crippen molar-refractivity contribution in [2.24, 2.45) is 0 Å². The number of sulfonamides is 1. The van der Waals surface area contributed by atoms with E-state index in [2.05, 4.69) is 9.88 Å². The number of aromatic nitrogens is 1. The lowest BCUT2D eigenvalue weighted by atomic mass is 10.2. The first-order chi connectivity index (χ1) is 9.91. The van der Waals surface area contributed by atoms with Crippen molar-refractivity contribution >= 4 is 16.0 Å². The average Bonchev–Trinajstić information content (AvgIpc) is 2.48. The standard InChI is InChI=1S/C13H19N3O4S/c1-11(13(17)18)21(19,20)16-8-6-15(7-9-16)10-12-2-4-14-5-3-12/h2-5,11H,6-10H2,1H3,(H,17,18). The number of hydrogen-bond donors (Lipinski definition) is 1. The molecule has 1 fully saturated rings. The zero-order chi connectivity index (χ0) is 15.5. The summed E-state index contributed by atoms with van der Waals surface area (Å²) in [6.07, 6.45) is 3.45. The van der Waals surface area contributed by atoms with Gasteiger partial charge in [-0.05, 0) is 24.6 Å². The van der Waals surface area contributed by atoms with Crippen molar-refractivity contribution in [2.75, 3.05) is 26.2 Å². The van der Waals surface area contributed by atoms with Crippen LogP contribution in [-0.2, 0) is 21.4 Å². The SMILES string of the molecule is CC(C(=O)O)S(=O)(=O)N1CCN(Cc2ccncc2)CC1. The average molecular weight is 313 g/mol. The number of aliphatic carboxylic acids is 1. The van der Waals surface area contributed by atoms with Gasteiger partial charge in [-0.1, -0.05) is 0 Å². The predicted octanol–water partition coefficient (Wildman–Crippen LogP) is 0.00210. The normalized spacial score (nSPS) is 19.3. The van der Waals surface area contributed by atoms with Crippen molar-refractivity contribution < 1.29 is 18.3 Å². The maximum atomic E-state index is 12.1. The molecule has 0 spiro atoms. The Morgan fingerprint density at radius 1 is 1.29 bits per heavy atom. The number of carboxylic acids is 1. The molecule has 1 aliphatic heterocycles. The van der Waals surface area contributed by atoms with Gasteiger partial charge in [-0.2, -0.15) is 4.31 Å².